The minimum atomic E-state index is -4.46. The first kappa shape index (κ1) is 14.6. The van der Waals surface area contributed by atoms with Gasteiger partial charge in [-0.1, -0.05) is 6.92 Å². The molecule has 0 aliphatic heterocycles. The van der Waals surface area contributed by atoms with Gasteiger partial charge in [0.15, 0.2) is 0 Å². The van der Waals surface area contributed by atoms with Crippen molar-refractivity contribution in [2.24, 2.45) is 5.92 Å². The molecule has 1 aromatic rings. The number of alkyl halides is 3. The molecule has 0 aliphatic rings. The van der Waals surface area contributed by atoms with Crippen LogP contribution in [0.25, 0.3) is 0 Å². The minimum Gasteiger partial charge on any atom is -0.398 e. The van der Waals surface area contributed by atoms with E-state index in [4.69, 9.17) is 10.8 Å². The topological polar surface area (TPSA) is 58.3 Å². The van der Waals surface area contributed by atoms with Crippen molar-refractivity contribution in [3.63, 3.8) is 0 Å². The normalized spacial score (nSPS) is 15.2. The van der Waals surface area contributed by atoms with Crippen LogP contribution in [-0.4, -0.2) is 17.8 Å². The lowest BCUT2D eigenvalue weighted by Gasteiger charge is -2.21. The highest BCUT2D eigenvalue weighted by Crippen LogP contribution is 2.35. The Morgan fingerprint density at radius 2 is 1.94 bits per heavy atom. The fraction of sp³-hybridized carbons (Fsp3) is 0.500. The van der Waals surface area contributed by atoms with Crippen LogP contribution in [0.3, 0.4) is 0 Å². The Morgan fingerprint density at radius 3 is 2.44 bits per heavy atom. The molecule has 6 heteroatoms. The lowest BCUT2D eigenvalue weighted by atomic mass is 10.0. The molecule has 0 aliphatic carbocycles. The van der Waals surface area contributed by atoms with Crippen LogP contribution in [0.2, 0.25) is 0 Å². The number of hydrogen-bond acceptors (Lipinski definition) is 3. The fourth-order valence-corrected chi connectivity index (χ4v) is 1.45. The molecule has 0 bridgehead atoms. The molecule has 0 aromatic heterocycles. The molecule has 0 spiro atoms. The highest BCUT2D eigenvalue weighted by molar-refractivity contribution is 5.58. The standard InChI is InChI=1S/C12H17F3N2O/c1-7(6-18)8(2)17-9-3-4-11(16)10(5-9)12(13,14)15/h3-5,7-8,17-18H,6,16H2,1-2H3. The van der Waals surface area contributed by atoms with Gasteiger partial charge >= 0.3 is 6.18 Å². The minimum absolute atomic E-state index is 0.0325. The first-order valence-electron chi connectivity index (χ1n) is 5.59. The van der Waals surface area contributed by atoms with E-state index in [9.17, 15) is 13.2 Å². The molecule has 2 atom stereocenters. The molecule has 2 unspecified atom stereocenters. The maximum atomic E-state index is 12.6. The average Bonchev–Trinajstić information content (AvgIpc) is 2.29. The Kier molecular flexibility index (Phi) is 4.45. The SMILES string of the molecule is CC(CO)C(C)Nc1ccc(N)c(C(F)(F)F)c1. The first-order chi connectivity index (χ1) is 8.25. The van der Waals surface area contributed by atoms with Gasteiger partial charge in [-0.2, -0.15) is 13.2 Å². The van der Waals surface area contributed by atoms with Gasteiger partial charge in [0, 0.05) is 24.0 Å². The molecule has 3 nitrogen and oxygen atoms in total. The van der Waals surface area contributed by atoms with Gasteiger partial charge in [-0.3, -0.25) is 0 Å². The Morgan fingerprint density at radius 1 is 1.33 bits per heavy atom. The molecule has 0 radical (unpaired) electrons. The summed E-state index contributed by atoms with van der Waals surface area (Å²) in [7, 11) is 0. The Hall–Kier alpha value is -1.43. The van der Waals surface area contributed by atoms with E-state index in [1.807, 2.05) is 0 Å². The zero-order chi connectivity index (χ0) is 13.9. The highest BCUT2D eigenvalue weighted by Gasteiger charge is 2.33. The summed E-state index contributed by atoms with van der Waals surface area (Å²) in [6.07, 6.45) is -4.46. The monoisotopic (exact) mass is 262 g/mol. The van der Waals surface area contributed by atoms with E-state index in [0.717, 1.165) is 6.07 Å². The summed E-state index contributed by atoms with van der Waals surface area (Å²) in [6.45, 7) is 3.57. The third-order valence-electron chi connectivity index (χ3n) is 2.89. The van der Waals surface area contributed by atoms with Crippen molar-refractivity contribution in [3.8, 4) is 0 Å². The van der Waals surface area contributed by atoms with Gasteiger partial charge in [0.05, 0.1) is 5.56 Å². The van der Waals surface area contributed by atoms with Gasteiger partial charge in [0.25, 0.3) is 0 Å². The lowest BCUT2D eigenvalue weighted by molar-refractivity contribution is -0.136. The fourth-order valence-electron chi connectivity index (χ4n) is 1.45. The van der Waals surface area contributed by atoms with E-state index in [1.54, 1.807) is 13.8 Å². The van der Waals surface area contributed by atoms with Gasteiger partial charge in [-0.05, 0) is 31.0 Å². The van der Waals surface area contributed by atoms with E-state index >= 15 is 0 Å². The van der Waals surface area contributed by atoms with Gasteiger partial charge < -0.3 is 16.2 Å². The largest absolute Gasteiger partial charge is 0.418 e. The van der Waals surface area contributed by atoms with Crippen LogP contribution in [0.4, 0.5) is 24.5 Å². The summed E-state index contributed by atoms with van der Waals surface area (Å²) in [6, 6.07) is 3.56. The summed E-state index contributed by atoms with van der Waals surface area (Å²) in [5.74, 6) is -0.0584. The number of rotatable bonds is 4. The Bertz CT molecular complexity index is 407. The molecule has 4 N–H and O–H groups in total. The number of nitrogen functional groups attached to an aromatic ring is 1. The average molecular weight is 262 g/mol. The lowest BCUT2D eigenvalue weighted by Crippen LogP contribution is -2.26. The van der Waals surface area contributed by atoms with Crippen molar-refractivity contribution in [1.82, 2.24) is 0 Å². The van der Waals surface area contributed by atoms with Crippen molar-refractivity contribution in [3.05, 3.63) is 23.8 Å². The third-order valence-corrected chi connectivity index (χ3v) is 2.89. The van der Waals surface area contributed by atoms with Crippen LogP contribution in [-0.2, 0) is 6.18 Å². The smallest absolute Gasteiger partial charge is 0.398 e. The maximum Gasteiger partial charge on any atom is 0.418 e. The molecule has 0 heterocycles. The predicted molar refractivity (Wildman–Crippen MR) is 65.2 cm³/mol. The van der Waals surface area contributed by atoms with E-state index in [-0.39, 0.29) is 24.3 Å². The van der Waals surface area contributed by atoms with Crippen LogP contribution in [0, 0.1) is 5.92 Å². The molecular formula is C12H17F3N2O. The molecule has 0 amide bonds. The second-order valence-corrected chi connectivity index (χ2v) is 4.39. The number of hydrogen-bond donors (Lipinski definition) is 3. The van der Waals surface area contributed by atoms with Crippen molar-refractivity contribution in [2.45, 2.75) is 26.1 Å². The number of anilines is 2. The van der Waals surface area contributed by atoms with Gasteiger partial charge in [-0.15, -0.1) is 0 Å². The number of aliphatic hydroxyl groups is 1. The van der Waals surface area contributed by atoms with Crippen LogP contribution in [0.15, 0.2) is 18.2 Å². The number of aliphatic hydroxyl groups excluding tert-OH is 1. The molecule has 1 rings (SSSR count). The van der Waals surface area contributed by atoms with E-state index in [2.05, 4.69) is 5.32 Å². The van der Waals surface area contributed by atoms with Crippen LogP contribution < -0.4 is 11.1 Å². The van der Waals surface area contributed by atoms with Gasteiger partial charge in [-0.25, -0.2) is 0 Å². The quantitative estimate of drug-likeness (QED) is 0.731. The predicted octanol–water partition coefficient (Wildman–Crippen LogP) is 2.72. The van der Waals surface area contributed by atoms with Crippen molar-refractivity contribution in [1.29, 1.82) is 0 Å². The zero-order valence-electron chi connectivity index (χ0n) is 10.3. The molecule has 0 fully saturated rings. The van der Waals surface area contributed by atoms with Crippen LogP contribution in [0.1, 0.15) is 19.4 Å². The second-order valence-electron chi connectivity index (χ2n) is 4.39. The van der Waals surface area contributed by atoms with Crippen LogP contribution in [0.5, 0.6) is 0 Å². The molecule has 102 valence electrons. The van der Waals surface area contributed by atoms with Crippen molar-refractivity contribution >= 4 is 11.4 Å². The number of nitrogens with two attached hydrogens (primary N) is 1. The summed E-state index contributed by atoms with van der Waals surface area (Å²) < 4.78 is 37.9. The molecule has 18 heavy (non-hydrogen) atoms. The maximum absolute atomic E-state index is 12.6. The third kappa shape index (κ3) is 3.53. The summed E-state index contributed by atoms with van der Waals surface area (Å²) >= 11 is 0. The summed E-state index contributed by atoms with van der Waals surface area (Å²) in [5.41, 5.74) is 4.50. The Balaban J connectivity index is 2.92. The summed E-state index contributed by atoms with van der Waals surface area (Å²) in [4.78, 5) is 0. The summed E-state index contributed by atoms with van der Waals surface area (Å²) in [5, 5.41) is 11.9. The van der Waals surface area contributed by atoms with Crippen molar-refractivity contribution < 1.29 is 18.3 Å². The van der Waals surface area contributed by atoms with E-state index < -0.39 is 11.7 Å². The highest BCUT2D eigenvalue weighted by atomic mass is 19.4. The van der Waals surface area contributed by atoms with Gasteiger partial charge in [0.2, 0.25) is 0 Å². The number of nitrogens with one attached hydrogen (secondary N) is 1. The Labute approximate surface area is 104 Å². The molecule has 0 saturated heterocycles. The van der Waals surface area contributed by atoms with Crippen molar-refractivity contribution in [2.75, 3.05) is 17.7 Å². The molecule has 1 aromatic carbocycles. The second kappa shape index (κ2) is 5.48. The van der Waals surface area contributed by atoms with E-state index in [0.29, 0.717) is 5.69 Å². The molecule has 0 saturated carbocycles. The zero-order valence-corrected chi connectivity index (χ0v) is 10.3. The first-order valence-corrected chi connectivity index (χ1v) is 5.59. The van der Waals surface area contributed by atoms with Crippen LogP contribution >= 0.6 is 0 Å². The number of benzene rings is 1. The van der Waals surface area contributed by atoms with Gasteiger partial charge in [0.1, 0.15) is 0 Å². The van der Waals surface area contributed by atoms with E-state index in [1.165, 1.54) is 12.1 Å². The number of halogens is 3. The molecular weight excluding hydrogens is 245 g/mol.